The number of hydrogen-bond donors (Lipinski definition) is 0. The molecule has 21 heavy (non-hydrogen) atoms. The van der Waals surface area contributed by atoms with Crippen LogP contribution in [0, 0.1) is 12.8 Å². The normalized spacial score (nSPS) is 19.0. The summed E-state index contributed by atoms with van der Waals surface area (Å²) in [6.45, 7) is 1.35. The predicted octanol–water partition coefficient (Wildman–Crippen LogP) is 2.54. The summed E-state index contributed by atoms with van der Waals surface area (Å²) in [4.78, 5) is 24.6. The molecule has 0 bridgehead atoms. The van der Waals surface area contributed by atoms with E-state index < -0.39 is 23.6 Å². The maximum Gasteiger partial charge on any atom is 0.416 e. The third-order valence-corrected chi connectivity index (χ3v) is 3.56. The van der Waals surface area contributed by atoms with Crippen molar-refractivity contribution in [3.63, 3.8) is 0 Å². The van der Waals surface area contributed by atoms with E-state index in [1.54, 1.807) is 0 Å². The lowest BCUT2D eigenvalue weighted by molar-refractivity contribution is -0.145. The highest BCUT2D eigenvalue weighted by atomic mass is 19.4. The molecule has 0 saturated carbocycles. The zero-order valence-corrected chi connectivity index (χ0v) is 11.5. The molecule has 1 aliphatic heterocycles. The Morgan fingerprint density at radius 1 is 1.38 bits per heavy atom. The number of methoxy groups -OCH3 is 1. The van der Waals surface area contributed by atoms with Crippen LogP contribution >= 0.6 is 0 Å². The third-order valence-electron chi connectivity index (χ3n) is 3.56. The molecule has 4 nitrogen and oxygen atoms in total. The molecule has 114 valence electrons. The molecule has 1 aromatic rings. The van der Waals surface area contributed by atoms with E-state index in [-0.39, 0.29) is 30.1 Å². The van der Waals surface area contributed by atoms with Crippen molar-refractivity contribution in [3.8, 4) is 0 Å². The predicted molar refractivity (Wildman–Crippen MR) is 68.7 cm³/mol. The van der Waals surface area contributed by atoms with Crippen LogP contribution in [0.3, 0.4) is 0 Å². The highest BCUT2D eigenvalue weighted by Crippen LogP contribution is 2.37. The summed E-state index contributed by atoms with van der Waals surface area (Å²) < 4.78 is 43.3. The molecule has 0 aromatic heterocycles. The zero-order chi connectivity index (χ0) is 15.8. The first kappa shape index (κ1) is 15.3. The van der Waals surface area contributed by atoms with Crippen molar-refractivity contribution in [2.24, 2.45) is 5.92 Å². The number of amides is 1. The van der Waals surface area contributed by atoms with E-state index in [2.05, 4.69) is 4.74 Å². The van der Waals surface area contributed by atoms with Crippen molar-refractivity contribution in [1.29, 1.82) is 0 Å². The molecule has 1 fully saturated rings. The molecule has 1 heterocycles. The number of carbonyl (C=O) groups is 2. The lowest BCUT2D eigenvalue weighted by atomic mass is 10.1. The van der Waals surface area contributed by atoms with Gasteiger partial charge in [0.1, 0.15) is 0 Å². The van der Waals surface area contributed by atoms with Crippen molar-refractivity contribution in [3.05, 3.63) is 29.3 Å². The number of halogens is 3. The van der Waals surface area contributed by atoms with Crippen molar-refractivity contribution in [1.82, 2.24) is 0 Å². The highest BCUT2D eigenvalue weighted by Gasteiger charge is 2.38. The van der Waals surface area contributed by atoms with Gasteiger partial charge in [0, 0.05) is 18.7 Å². The van der Waals surface area contributed by atoms with Crippen LogP contribution in [0.15, 0.2) is 18.2 Å². The Bertz CT molecular complexity index is 583. The summed E-state index contributed by atoms with van der Waals surface area (Å²) in [5.74, 6) is -1.56. The molecule has 1 amide bonds. The molecule has 0 radical (unpaired) electrons. The van der Waals surface area contributed by atoms with Crippen LogP contribution in [-0.2, 0) is 20.5 Å². The number of nitrogens with zero attached hydrogens (tertiary/aromatic N) is 1. The van der Waals surface area contributed by atoms with Gasteiger partial charge in [-0.05, 0) is 24.6 Å². The molecule has 0 aliphatic carbocycles. The number of hydrogen-bond acceptors (Lipinski definition) is 3. The van der Waals surface area contributed by atoms with Crippen LogP contribution in [0.2, 0.25) is 0 Å². The Morgan fingerprint density at radius 2 is 2.05 bits per heavy atom. The van der Waals surface area contributed by atoms with Crippen LogP contribution in [0.25, 0.3) is 0 Å². The van der Waals surface area contributed by atoms with Crippen LogP contribution in [-0.4, -0.2) is 25.5 Å². The average Bonchev–Trinajstić information content (AvgIpc) is 2.79. The molecular weight excluding hydrogens is 287 g/mol. The fourth-order valence-electron chi connectivity index (χ4n) is 2.49. The second kappa shape index (κ2) is 5.38. The molecule has 7 heteroatoms. The minimum absolute atomic E-state index is 0.0242. The maximum absolute atomic E-state index is 12.9. The number of rotatable bonds is 2. The smallest absolute Gasteiger partial charge is 0.416 e. The van der Waals surface area contributed by atoms with E-state index >= 15 is 0 Å². The lowest BCUT2D eigenvalue weighted by Gasteiger charge is -2.21. The standard InChI is InChI=1S/C14H14F3NO3/c1-8-10(14(15,16)17)4-3-5-11(8)18-7-9(6-12(18)19)13(20)21-2/h3-5,9H,6-7H2,1-2H3. The van der Waals surface area contributed by atoms with Gasteiger partial charge in [-0.1, -0.05) is 6.07 Å². The van der Waals surface area contributed by atoms with Gasteiger partial charge in [0.15, 0.2) is 0 Å². The number of carbonyl (C=O) groups excluding carboxylic acids is 2. The fourth-order valence-corrected chi connectivity index (χ4v) is 2.49. The number of ether oxygens (including phenoxy) is 1. The molecule has 1 unspecified atom stereocenters. The van der Waals surface area contributed by atoms with Crippen molar-refractivity contribution < 1.29 is 27.5 Å². The Balaban J connectivity index is 2.35. The first-order valence-corrected chi connectivity index (χ1v) is 6.30. The first-order valence-electron chi connectivity index (χ1n) is 6.30. The van der Waals surface area contributed by atoms with Crippen LogP contribution in [0.5, 0.6) is 0 Å². The van der Waals surface area contributed by atoms with Gasteiger partial charge in [0.25, 0.3) is 0 Å². The average molecular weight is 301 g/mol. The van der Waals surface area contributed by atoms with Gasteiger partial charge in [-0.2, -0.15) is 13.2 Å². The minimum atomic E-state index is -4.48. The fraction of sp³-hybridized carbons (Fsp3) is 0.429. The summed E-state index contributed by atoms with van der Waals surface area (Å²) >= 11 is 0. The van der Waals surface area contributed by atoms with Gasteiger partial charge in [0.05, 0.1) is 18.6 Å². The molecule has 1 aliphatic rings. The van der Waals surface area contributed by atoms with E-state index in [0.717, 1.165) is 6.07 Å². The summed E-state index contributed by atoms with van der Waals surface area (Å²) in [6.07, 6.45) is -4.53. The van der Waals surface area contributed by atoms with Gasteiger partial charge in [-0.25, -0.2) is 0 Å². The largest absolute Gasteiger partial charge is 0.469 e. The van der Waals surface area contributed by atoms with E-state index in [1.165, 1.54) is 31.1 Å². The maximum atomic E-state index is 12.9. The molecule has 0 spiro atoms. The number of anilines is 1. The van der Waals surface area contributed by atoms with E-state index in [4.69, 9.17) is 0 Å². The molecular formula is C14H14F3NO3. The Labute approximate surface area is 119 Å². The van der Waals surface area contributed by atoms with Crippen LogP contribution in [0.4, 0.5) is 18.9 Å². The summed E-state index contributed by atoms with van der Waals surface area (Å²) in [5, 5.41) is 0. The number of alkyl halides is 3. The Kier molecular flexibility index (Phi) is 3.93. The van der Waals surface area contributed by atoms with Gasteiger partial charge in [-0.3, -0.25) is 9.59 Å². The molecule has 1 atom stereocenters. The minimum Gasteiger partial charge on any atom is -0.469 e. The van der Waals surface area contributed by atoms with Crippen LogP contribution in [0.1, 0.15) is 17.5 Å². The van der Waals surface area contributed by atoms with Gasteiger partial charge >= 0.3 is 12.1 Å². The van der Waals surface area contributed by atoms with Crippen molar-refractivity contribution in [2.45, 2.75) is 19.5 Å². The van der Waals surface area contributed by atoms with Crippen molar-refractivity contribution >= 4 is 17.6 Å². The summed E-state index contributed by atoms with van der Waals surface area (Å²) in [5.41, 5.74) is -0.626. The lowest BCUT2D eigenvalue weighted by Crippen LogP contribution is -2.27. The topological polar surface area (TPSA) is 46.6 Å². The molecule has 1 aromatic carbocycles. The second-order valence-electron chi connectivity index (χ2n) is 4.88. The van der Waals surface area contributed by atoms with Gasteiger partial charge in [0.2, 0.25) is 5.91 Å². The quantitative estimate of drug-likeness (QED) is 0.789. The van der Waals surface area contributed by atoms with E-state index in [0.29, 0.717) is 0 Å². The molecule has 0 N–H and O–H groups in total. The zero-order valence-electron chi connectivity index (χ0n) is 11.5. The number of benzene rings is 1. The molecule has 2 rings (SSSR count). The SMILES string of the molecule is COC(=O)C1CC(=O)N(c2cccc(C(F)(F)F)c2C)C1. The highest BCUT2D eigenvalue weighted by molar-refractivity contribution is 6.00. The summed E-state index contributed by atoms with van der Waals surface area (Å²) in [6, 6.07) is 3.67. The molecule has 1 saturated heterocycles. The van der Waals surface area contributed by atoms with Crippen LogP contribution < -0.4 is 4.90 Å². The monoisotopic (exact) mass is 301 g/mol. The number of esters is 1. The van der Waals surface area contributed by atoms with Gasteiger partial charge < -0.3 is 9.64 Å². The van der Waals surface area contributed by atoms with E-state index in [9.17, 15) is 22.8 Å². The Morgan fingerprint density at radius 3 is 2.62 bits per heavy atom. The van der Waals surface area contributed by atoms with Crippen molar-refractivity contribution in [2.75, 3.05) is 18.6 Å². The second-order valence-corrected chi connectivity index (χ2v) is 4.88. The first-order chi connectivity index (χ1) is 9.75. The van der Waals surface area contributed by atoms with E-state index in [1.807, 2.05) is 0 Å². The Hall–Kier alpha value is -2.05. The van der Waals surface area contributed by atoms with Gasteiger partial charge in [-0.15, -0.1) is 0 Å². The summed E-state index contributed by atoms with van der Waals surface area (Å²) in [7, 11) is 1.21. The third kappa shape index (κ3) is 2.86.